The molecule has 344 valence electrons. The third-order valence-corrected chi connectivity index (χ3v) is 13.1. The smallest absolute Gasteiger partial charge is 0.421 e. The van der Waals surface area contributed by atoms with Crippen LogP contribution in [0.25, 0.3) is 0 Å². The predicted molar refractivity (Wildman–Crippen MR) is 251 cm³/mol. The van der Waals surface area contributed by atoms with Gasteiger partial charge in [-0.05, 0) is 89.9 Å². The highest BCUT2D eigenvalue weighted by atomic mass is 16.6. The van der Waals surface area contributed by atoms with Crippen LogP contribution in [0.15, 0.2) is 152 Å². The lowest BCUT2D eigenvalue weighted by molar-refractivity contribution is -0.384. The normalized spacial score (nSPS) is 22.8. The summed E-state index contributed by atoms with van der Waals surface area (Å²) in [5.74, 6) is 3.00. The summed E-state index contributed by atoms with van der Waals surface area (Å²) in [6, 6.07) is 32.6. The number of aliphatic hydroxyl groups excluding tert-OH is 1. The summed E-state index contributed by atoms with van der Waals surface area (Å²) in [6.07, 6.45) is 5.36. The summed E-state index contributed by atoms with van der Waals surface area (Å²) >= 11 is 0. The van der Waals surface area contributed by atoms with Gasteiger partial charge in [0.15, 0.2) is 0 Å². The van der Waals surface area contributed by atoms with Crippen LogP contribution in [0.5, 0.6) is 5.75 Å². The second-order valence-electron chi connectivity index (χ2n) is 17.0. The zero-order chi connectivity index (χ0) is 47.4. The maximum Gasteiger partial charge on any atom is 0.421 e. The number of anilines is 1. The van der Waals surface area contributed by atoms with Gasteiger partial charge in [-0.15, -0.1) is 6.58 Å². The van der Waals surface area contributed by atoms with Crippen LogP contribution in [0.4, 0.5) is 16.2 Å². The molecule has 3 heterocycles. The number of rotatable bonds is 12. The molecule has 0 aromatic heterocycles. The van der Waals surface area contributed by atoms with E-state index in [0.717, 1.165) is 36.2 Å². The molecule has 0 bridgehead atoms. The number of amides is 3. The van der Waals surface area contributed by atoms with E-state index in [0.29, 0.717) is 27.8 Å². The summed E-state index contributed by atoms with van der Waals surface area (Å²) in [5, 5.41) is 24.4. The van der Waals surface area contributed by atoms with Crippen LogP contribution in [-0.4, -0.2) is 64.6 Å². The first-order valence-electron chi connectivity index (χ1n) is 22.6. The highest BCUT2D eigenvalue weighted by molar-refractivity contribution is 6.23. The van der Waals surface area contributed by atoms with E-state index >= 15 is 14.4 Å². The van der Waals surface area contributed by atoms with E-state index in [1.165, 1.54) is 30.3 Å². The molecule has 1 spiro atoms. The van der Waals surface area contributed by atoms with E-state index in [-0.39, 0.29) is 49.1 Å². The Hall–Kier alpha value is -7.86. The lowest BCUT2D eigenvalue weighted by Crippen LogP contribution is -2.55. The molecule has 2 fully saturated rings. The predicted octanol–water partition coefficient (Wildman–Crippen LogP) is 8.12. The highest BCUT2D eigenvalue weighted by Crippen LogP contribution is 2.66. The van der Waals surface area contributed by atoms with Gasteiger partial charge < -0.3 is 24.6 Å². The van der Waals surface area contributed by atoms with Gasteiger partial charge in [0.1, 0.15) is 36.5 Å². The summed E-state index contributed by atoms with van der Waals surface area (Å²) < 4.78 is 18.7. The number of para-hydroxylation sites is 1. The Morgan fingerprint density at radius 1 is 0.912 bits per heavy atom. The average molecular weight is 913 g/mol. The molecule has 0 saturated carbocycles. The minimum absolute atomic E-state index is 0.0224. The topological polar surface area (TPSA) is 178 Å². The number of allylic oxidation sites excluding steroid dienone is 2. The van der Waals surface area contributed by atoms with Gasteiger partial charge in [-0.25, -0.2) is 9.69 Å². The Kier molecular flexibility index (Phi) is 13.0. The number of nitrogens with one attached hydrogen (secondary N) is 1. The molecule has 3 amide bonds. The fraction of sp³-hybridized carbons (Fsp3) is 0.259. The molecule has 2 saturated heterocycles. The molecular weight excluding hydrogens is 865 g/mol. The zero-order valence-electron chi connectivity index (χ0n) is 37.0. The van der Waals surface area contributed by atoms with E-state index in [9.17, 15) is 20.0 Å². The number of carbonyl (C=O) groups excluding carboxylic acids is 4. The summed E-state index contributed by atoms with van der Waals surface area (Å²) in [4.78, 5) is 75.6. The largest absolute Gasteiger partial charge is 0.491 e. The second kappa shape index (κ2) is 19.5. The standard InChI is InChI=1S/C54H48N4O10/c1-2-30-55-50(60)45-47-51(61)68-48(39-18-10-5-11-19-39)46(38-16-8-4-9-17-38)57(47)49(41-20-12-13-21-44(41)66-32-31-59)54(45)42-33-36(23-22-35-14-6-3-7-15-35)26-29-43(42)56(52(54)62)53(63)67-34-37-24-27-40(28-25-37)58(64)65/h2,4-5,8-14,16-21,24-29,33,45-49,59H,1,3,6-7,15,30-32,34H2,(H,55,60). The molecule has 3 aliphatic heterocycles. The van der Waals surface area contributed by atoms with Crippen molar-refractivity contribution in [3.05, 3.63) is 195 Å². The van der Waals surface area contributed by atoms with Gasteiger partial charge in [-0.2, -0.15) is 0 Å². The number of benzene rings is 5. The SMILES string of the molecule is C=CCNC(=O)C1C2C(=O)OC(c3ccccc3)C(c3ccccc3)N2C(c2ccccc2OCCO)C12C(=O)N(C(=O)OCc1ccc([N+](=O)[O-])cc1)c1ccc(C#CC3=CCCCC3)cc12. The van der Waals surface area contributed by atoms with Gasteiger partial charge in [0.05, 0.1) is 35.2 Å². The first-order chi connectivity index (χ1) is 33.2. The zero-order valence-corrected chi connectivity index (χ0v) is 37.0. The summed E-state index contributed by atoms with van der Waals surface area (Å²) in [5.41, 5.74) is 1.74. The Morgan fingerprint density at radius 3 is 2.32 bits per heavy atom. The van der Waals surface area contributed by atoms with Crippen LogP contribution in [0, 0.1) is 27.9 Å². The van der Waals surface area contributed by atoms with Gasteiger partial charge >= 0.3 is 12.1 Å². The van der Waals surface area contributed by atoms with E-state index in [4.69, 9.17) is 14.2 Å². The third kappa shape index (κ3) is 8.20. The maximum atomic E-state index is 16.5. The Morgan fingerprint density at radius 2 is 1.63 bits per heavy atom. The second-order valence-corrected chi connectivity index (χ2v) is 17.0. The molecule has 14 heteroatoms. The maximum absolute atomic E-state index is 16.5. The van der Waals surface area contributed by atoms with Crippen molar-refractivity contribution in [3.63, 3.8) is 0 Å². The van der Waals surface area contributed by atoms with Gasteiger partial charge in [0, 0.05) is 29.8 Å². The lowest BCUT2D eigenvalue weighted by Gasteiger charge is -2.46. The number of non-ortho nitro benzene ring substituents is 1. The number of cyclic esters (lactones) is 1. The first-order valence-corrected chi connectivity index (χ1v) is 22.6. The Bertz CT molecular complexity index is 2860. The number of fused-ring (bicyclic) bond motifs is 3. The monoisotopic (exact) mass is 912 g/mol. The van der Waals surface area contributed by atoms with Crippen molar-refractivity contribution in [3.8, 4) is 17.6 Å². The first kappa shape index (κ1) is 45.3. The number of nitrogens with zero attached hydrogens (tertiary/aromatic N) is 3. The van der Waals surface area contributed by atoms with E-state index < -0.39 is 64.4 Å². The molecule has 6 atom stereocenters. The fourth-order valence-electron chi connectivity index (χ4n) is 10.2. The minimum Gasteiger partial charge on any atom is -0.491 e. The number of ether oxygens (including phenoxy) is 3. The minimum atomic E-state index is -2.12. The van der Waals surface area contributed by atoms with Crippen LogP contribution >= 0.6 is 0 Å². The van der Waals surface area contributed by atoms with Crippen molar-refractivity contribution in [2.45, 2.75) is 61.9 Å². The number of morpholine rings is 1. The molecule has 4 aliphatic rings. The highest BCUT2D eigenvalue weighted by Gasteiger charge is 2.76. The number of imide groups is 1. The molecule has 14 nitrogen and oxygen atoms in total. The lowest BCUT2D eigenvalue weighted by atomic mass is 9.65. The quantitative estimate of drug-likeness (QED) is 0.0406. The van der Waals surface area contributed by atoms with Gasteiger partial charge in [-0.3, -0.25) is 29.4 Å². The molecule has 9 rings (SSSR count). The summed E-state index contributed by atoms with van der Waals surface area (Å²) in [6.45, 7) is 2.97. The van der Waals surface area contributed by atoms with E-state index in [2.05, 4.69) is 29.8 Å². The molecule has 1 aliphatic carbocycles. The van der Waals surface area contributed by atoms with E-state index in [1.807, 2.05) is 65.6 Å². The van der Waals surface area contributed by atoms with Crippen LogP contribution in [0.1, 0.15) is 77.3 Å². The van der Waals surface area contributed by atoms with Crippen LogP contribution < -0.4 is 15.0 Å². The Balaban J connectivity index is 1.32. The molecule has 5 aromatic carbocycles. The molecule has 5 aromatic rings. The third-order valence-electron chi connectivity index (χ3n) is 13.1. The molecular formula is C54H48N4O10. The van der Waals surface area contributed by atoms with Crippen LogP contribution in [-0.2, 0) is 35.9 Å². The van der Waals surface area contributed by atoms with Crippen LogP contribution in [0.3, 0.4) is 0 Å². The fourth-order valence-corrected chi connectivity index (χ4v) is 10.2. The van der Waals surface area contributed by atoms with E-state index in [1.54, 1.807) is 42.5 Å². The van der Waals surface area contributed by atoms with Gasteiger partial charge in [0.25, 0.3) is 5.69 Å². The summed E-state index contributed by atoms with van der Waals surface area (Å²) in [7, 11) is 0. The van der Waals surface area contributed by atoms with Crippen molar-refractivity contribution >= 4 is 35.3 Å². The molecule has 68 heavy (non-hydrogen) atoms. The molecule has 0 radical (unpaired) electrons. The number of nitro benzene ring substituents is 1. The van der Waals surface area contributed by atoms with Gasteiger partial charge in [0.2, 0.25) is 11.8 Å². The van der Waals surface area contributed by atoms with Crippen LogP contribution in [0.2, 0.25) is 0 Å². The number of hydrogen-bond donors (Lipinski definition) is 2. The molecule has 2 N–H and O–H groups in total. The van der Waals surface area contributed by atoms with Crippen molar-refractivity contribution in [1.29, 1.82) is 0 Å². The number of aliphatic hydroxyl groups is 1. The van der Waals surface area contributed by atoms with Gasteiger partial charge in [-0.1, -0.05) is 103 Å². The number of esters is 1. The Labute approximate surface area is 393 Å². The molecule has 6 unspecified atom stereocenters. The van der Waals surface area contributed by atoms with Crippen molar-refractivity contribution in [2.24, 2.45) is 5.92 Å². The van der Waals surface area contributed by atoms with Crippen molar-refractivity contribution in [1.82, 2.24) is 10.2 Å². The number of hydrogen-bond acceptors (Lipinski definition) is 11. The number of carbonyl (C=O) groups is 4. The number of nitro groups is 1. The van der Waals surface area contributed by atoms with Crippen molar-refractivity contribution < 1.29 is 43.4 Å². The average Bonchev–Trinajstić information content (AvgIpc) is 3.83. The van der Waals surface area contributed by atoms with Crippen molar-refractivity contribution in [2.75, 3.05) is 24.7 Å².